The minimum Gasteiger partial charge on any atom is -0.396 e. The molecule has 0 spiro atoms. The zero-order chi connectivity index (χ0) is 16.2. The number of aromatic nitrogens is 1. The van der Waals surface area contributed by atoms with Crippen LogP contribution in [0.15, 0.2) is 18.3 Å². The van der Waals surface area contributed by atoms with Gasteiger partial charge in [-0.1, -0.05) is 24.9 Å². The lowest BCUT2D eigenvalue weighted by atomic mass is 9.85. The summed E-state index contributed by atoms with van der Waals surface area (Å²) >= 11 is 5.93. The van der Waals surface area contributed by atoms with E-state index in [0.29, 0.717) is 17.3 Å². The number of nitrogens with zero attached hydrogens (tertiary/aromatic N) is 1. The third-order valence-corrected chi connectivity index (χ3v) is 4.75. The predicted molar refractivity (Wildman–Crippen MR) is 87.9 cm³/mol. The average molecular weight is 326 g/mol. The van der Waals surface area contributed by atoms with E-state index in [2.05, 4.69) is 22.5 Å². The van der Waals surface area contributed by atoms with E-state index in [-0.39, 0.29) is 30.0 Å². The third-order valence-electron chi connectivity index (χ3n) is 4.45. The molecule has 0 saturated heterocycles. The molecule has 1 aromatic heterocycles. The van der Waals surface area contributed by atoms with Gasteiger partial charge in [-0.25, -0.2) is 4.98 Å². The van der Waals surface area contributed by atoms with Gasteiger partial charge in [0.25, 0.3) is 0 Å². The van der Waals surface area contributed by atoms with Gasteiger partial charge in [0.05, 0.1) is 5.69 Å². The van der Waals surface area contributed by atoms with Gasteiger partial charge in [-0.3, -0.25) is 4.79 Å². The molecule has 22 heavy (non-hydrogen) atoms. The Morgan fingerprint density at radius 2 is 2.41 bits per heavy atom. The van der Waals surface area contributed by atoms with Crippen LogP contribution in [0.5, 0.6) is 0 Å². The molecule has 1 heterocycles. The van der Waals surface area contributed by atoms with Crippen LogP contribution in [-0.2, 0) is 4.79 Å². The molecule has 1 aromatic rings. The van der Waals surface area contributed by atoms with Gasteiger partial charge >= 0.3 is 0 Å². The molecule has 3 unspecified atom stereocenters. The molecule has 1 aliphatic rings. The number of hydrogen-bond acceptors (Lipinski definition) is 4. The van der Waals surface area contributed by atoms with Crippen molar-refractivity contribution in [1.29, 1.82) is 0 Å². The van der Waals surface area contributed by atoms with E-state index >= 15 is 0 Å². The number of aliphatic hydroxyl groups is 1. The van der Waals surface area contributed by atoms with Crippen molar-refractivity contribution in [3.05, 3.63) is 23.5 Å². The summed E-state index contributed by atoms with van der Waals surface area (Å²) in [5.41, 5.74) is 0.444. The zero-order valence-corrected chi connectivity index (χ0v) is 13.9. The van der Waals surface area contributed by atoms with Crippen LogP contribution < -0.4 is 10.6 Å². The summed E-state index contributed by atoms with van der Waals surface area (Å²) in [6, 6.07) is 3.74. The van der Waals surface area contributed by atoms with Crippen LogP contribution in [0.25, 0.3) is 0 Å². The van der Waals surface area contributed by atoms with E-state index in [9.17, 15) is 9.90 Å². The van der Waals surface area contributed by atoms with Gasteiger partial charge in [-0.15, -0.1) is 0 Å². The normalized spacial score (nSPS) is 25.9. The van der Waals surface area contributed by atoms with E-state index in [4.69, 9.17) is 11.6 Å². The molecule has 3 atom stereocenters. The van der Waals surface area contributed by atoms with E-state index in [1.54, 1.807) is 18.3 Å². The Bertz CT molecular complexity index is 526. The standard InChI is InChI=1S/C16H24ClN3O2/c1-11(19-13-6-3-7-16(13,2)10-21)9-14(22)20-12-5-4-8-18-15(12)17/h4-5,8,11,13,19,21H,3,6-7,9-10H2,1-2H3,(H,20,22). The Morgan fingerprint density at radius 3 is 3.09 bits per heavy atom. The van der Waals surface area contributed by atoms with E-state index < -0.39 is 0 Å². The molecule has 0 radical (unpaired) electrons. The van der Waals surface area contributed by atoms with Gasteiger partial charge in [0, 0.05) is 36.7 Å². The molecule has 5 nitrogen and oxygen atoms in total. The summed E-state index contributed by atoms with van der Waals surface area (Å²) in [6.07, 6.45) is 5.10. The van der Waals surface area contributed by atoms with Gasteiger partial charge in [0.1, 0.15) is 0 Å². The number of anilines is 1. The highest BCUT2D eigenvalue weighted by Gasteiger charge is 2.38. The topological polar surface area (TPSA) is 74.2 Å². The molecule has 1 saturated carbocycles. The summed E-state index contributed by atoms with van der Waals surface area (Å²) in [5.74, 6) is -0.0985. The number of carbonyl (C=O) groups is 1. The first kappa shape index (κ1) is 17.2. The Morgan fingerprint density at radius 1 is 1.64 bits per heavy atom. The second-order valence-corrected chi connectivity index (χ2v) is 6.78. The number of rotatable bonds is 6. The molecule has 1 amide bonds. The number of amides is 1. The van der Waals surface area contributed by atoms with Crippen molar-refractivity contribution >= 4 is 23.2 Å². The van der Waals surface area contributed by atoms with Crippen molar-refractivity contribution in [1.82, 2.24) is 10.3 Å². The number of aliphatic hydroxyl groups excluding tert-OH is 1. The summed E-state index contributed by atoms with van der Waals surface area (Å²) in [6.45, 7) is 4.26. The third kappa shape index (κ3) is 4.18. The first-order valence-electron chi connectivity index (χ1n) is 7.72. The molecule has 0 aliphatic heterocycles. The molecule has 2 rings (SSSR count). The quantitative estimate of drug-likeness (QED) is 0.703. The van der Waals surface area contributed by atoms with Crippen molar-refractivity contribution in [3.63, 3.8) is 0 Å². The summed E-state index contributed by atoms with van der Waals surface area (Å²) in [7, 11) is 0. The van der Waals surface area contributed by atoms with Crippen LogP contribution in [0.3, 0.4) is 0 Å². The molecule has 0 aromatic carbocycles. The van der Waals surface area contributed by atoms with Gasteiger partial charge < -0.3 is 15.7 Å². The summed E-state index contributed by atoms with van der Waals surface area (Å²) < 4.78 is 0. The maximum atomic E-state index is 12.1. The molecule has 3 N–H and O–H groups in total. The van der Waals surface area contributed by atoms with Crippen LogP contribution in [-0.4, -0.2) is 34.7 Å². The number of pyridine rings is 1. The smallest absolute Gasteiger partial charge is 0.226 e. The van der Waals surface area contributed by atoms with E-state index in [0.717, 1.165) is 19.3 Å². The fraction of sp³-hybridized carbons (Fsp3) is 0.625. The van der Waals surface area contributed by atoms with Crippen molar-refractivity contribution < 1.29 is 9.90 Å². The SMILES string of the molecule is CC(CC(=O)Nc1cccnc1Cl)NC1CCCC1(C)CO. The van der Waals surface area contributed by atoms with Crippen molar-refractivity contribution in [3.8, 4) is 0 Å². The lowest BCUT2D eigenvalue weighted by molar-refractivity contribution is -0.116. The average Bonchev–Trinajstić information content (AvgIpc) is 2.83. The highest BCUT2D eigenvalue weighted by Crippen LogP contribution is 2.37. The molecule has 122 valence electrons. The van der Waals surface area contributed by atoms with E-state index in [1.165, 1.54) is 0 Å². The lowest BCUT2D eigenvalue weighted by Gasteiger charge is -2.32. The minimum atomic E-state index is -0.0985. The largest absolute Gasteiger partial charge is 0.396 e. The summed E-state index contributed by atoms with van der Waals surface area (Å²) in [5, 5.41) is 16.1. The van der Waals surface area contributed by atoms with Crippen molar-refractivity contribution in [2.45, 2.75) is 51.6 Å². The van der Waals surface area contributed by atoms with Crippen LogP contribution in [0.1, 0.15) is 39.5 Å². The van der Waals surface area contributed by atoms with Crippen LogP contribution in [0, 0.1) is 5.41 Å². The van der Waals surface area contributed by atoms with Crippen LogP contribution >= 0.6 is 11.6 Å². The molecular formula is C16H24ClN3O2. The minimum absolute atomic E-state index is 0.0319. The number of carbonyl (C=O) groups excluding carboxylic acids is 1. The molecule has 1 aliphatic carbocycles. The zero-order valence-electron chi connectivity index (χ0n) is 13.1. The highest BCUT2D eigenvalue weighted by atomic mass is 35.5. The van der Waals surface area contributed by atoms with Crippen molar-refractivity contribution in [2.75, 3.05) is 11.9 Å². The van der Waals surface area contributed by atoms with Gasteiger partial charge in [0.2, 0.25) is 5.91 Å². The lowest BCUT2D eigenvalue weighted by Crippen LogP contribution is -2.46. The number of nitrogens with one attached hydrogen (secondary N) is 2. The van der Waals surface area contributed by atoms with Crippen LogP contribution in [0.4, 0.5) is 5.69 Å². The predicted octanol–water partition coefficient (Wildman–Crippen LogP) is 2.59. The maximum Gasteiger partial charge on any atom is 0.226 e. The van der Waals surface area contributed by atoms with Crippen molar-refractivity contribution in [2.24, 2.45) is 5.41 Å². The van der Waals surface area contributed by atoms with Gasteiger partial charge in [-0.05, 0) is 31.9 Å². The molecule has 0 bridgehead atoms. The summed E-state index contributed by atoms with van der Waals surface area (Å²) in [4.78, 5) is 16.0. The highest BCUT2D eigenvalue weighted by molar-refractivity contribution is 6.32. The van der Waals surface area contributed by atoms with Crippen LogP contribution in [0.2, 0.25) is 5.15 Å². The fourth-order valence-corrected chi connectivity index (χ4v) is 3.23. The Kier molecular flexibility index (Phi) is 5.78. The Labute approximate surface area is 136 Å². The first-order valence-corrected chi connectivity index (χ1v) is 8.09. The Hall–Kier alpha value is -1.17. The maximum absolute atomic E-state index is 12.1. The second kappa shape index (κ2) is 7.40. The number of halogens is 1. The number of hydrogen-bond donors (Lipinski definition) is 3. The Balaban J connectivity index is 1.85. The molecular weight excluding hydrogens is 302 g/mol. The first-order chi connectivity index (χ1) is 10.4. The fourth-order valence-electron chi connectivity index (χ4n) is 3.07. The molecule has 1 fully saturated rings. The van der Waals surface area contributed by atoms with E-state index in [1.807, 2.05) is 6.92 Å². The monoisotopic (exact) mass is 325 g/mol. The second-order valence-electron chi connectivity index (χ2n) is 6.42. The molecule has 6 heteroatoms. The van der Waals surface area contributed by atoms with Gasteiger partial charge in [0.15, 0.2) is 5.15 Å². The van der Waals surface area contributed by atoms with Gasteiger partial charge in [-0.2, -0.15) is 0 Å².